The van der Waals surface area contributed by atoms with E-state index in [9.17, 15) is 4.79 Å². The number of amides is 1. The van der Waals surface area contributed by atoms with Crippen molar-refractivity contribution in [2.45, 2.75) is 56.9 Å². The van der Waals surface area contributed by atoms with Gasteiger partial charge < -0.3 is 20.4 Å². The predicted octanol–water partition coefficient (Wildman–Crippen LogP) is 1.67. The zero-order chi connectivity index (χ0) is 18.3. The lowest BCUT2D eigenvalue weighted by molar-refractivity contribution is -0.121. The van der Waals surface area contributed by atoms with Crippen molar-refractivity contribution in [1.82, 2.24) is 20.4 Å². The zero-order valence-electron chi connectivity index (χ0n) is 16.6. The van der Waals surface area contributed by atoms with Gasteiger partial charge in [0, 0.05) is 45.7 Å². The van der Waals surface area contributed by atoms with E-state index >= 15 is 0 Å². The lowest BCUT2D eigenvalue weighted by Crippen LogP contribution is -2.56. The molecule has 1 aliphatic carbocycles. The van der Waals surface area contributed by atoms with E-state index in [0.29, 0.717) is 12.3 Å². The summed E-state index contributed by atoms with van der Waals surface area (Å²) in [5.74, 6) is 1.68. The van der Waals surface area contributed by atoms with E-state index < -0.39 is 0 Å². The minimum absolute atomic E-state index is 0.159. The number of carbonyl (C=O) groups is 1. The van der Waals surface area contributed by atoms with Crippen LogP contribution < -0.4 is 10.6 Å². The molecule has 144 valence electrons. The topological polar surface area (TPSA) is 60.0 Å². The Morgan fingerprint density at radius 3 is 2.36 bits per heavy atom. The van der Waals surface area contributed by atoms with Crippen LogP contribution in [0.4, 0.5) is 0 Å². The molecule has 0 aromatic carbocycles. The normalized spacial score (nSPS) is 22.1. The van der Waals surface area contributed by atoms with Gasteiger partial charge in [-0.05, 0) is 45.7 Å². The highest BCUT2D eigenvalue weighted by atomic mass is 16.1. The van der Waals surface area contributed by atoms with Gasteiger partial charge in [0.25, 0.3) is 0 Å². The van der Waals surface area contributed by atoms with E-state index in [4.69, 9.17) is 0 Å². The fourth-order valence-electron chi connectivity index (χ4n) is 4.28. The van der Waals surface area contributed by atoms with Crippen LogP contribution in [0.25, 0.3) is 0 Å². The number of guanidine groups is 1. The highest BCUT2D eigenvalue weighted by Gasteiger charge is 2.34. The van der Waals surface area contributed by atoms with Crippen molar-refractivity contribution in [3.63, 3.8) is 0 Å². The van der Waals surface area contributed by atoms with Gasteiger partial charge in [0.05, 0.1) is 0 Å². The molecule has 1 aliphatic heterocycles. The van der Waals surface area contributed by atoms with Crippen molar-refractivity contribution < 1.29 is 4.79 Å². The van der Waals surface area contributed by atoms with Crippen LogP contribution in [0.2, 0.25) is 0 Å². The Morgan fingerprint density at radius 2 is 1.84 bits per heavy atom. The molecule has 2 N–H and O–H groups in total. The molecule has 0 spiro atoms. The minimum Gasteiger partial charge on any atom is -0.359 e. The molecule has 2 fully saturated rings. The molecule has 6 heteroatoms. The molecule has 0 unspecified atom stereocenters. The van der Waals surface area contributed by atoms with Crippen LogP contribution in [0.3, 0.4) is 0 Å². The van der Waals surface area contributed by atoms with E-state index in [1.165, 1.54) is 32.1 Å². The van der Waals surface area contributed by atoms with Crippen LogP contribution in [-0.4, -0.2) is 75.0 Å². The van der Waals surface area contributed by atoms with Gasteiger partial charge in [0.2, 0.25) is 5.91 Å². The number of carbonyl (C=O) groups excluding carboxylic acids is 1. The van der Waals surface area contributed by atoms with Crippen LogP contribution in [0.15, 0.2) is 4.99 Å². The number of nitrogens with one attached hydrogen (secondary N) is 2. The molecule has 2 rings (SSSR count). The van der Waals surface area contributed by atoms with Gasteiger partial charge in [-0.25, -0.2) is 0 Å². The number of piperidine rings is 1. The van der Waals surface area contributed by atoms with Gasteiger partial charge in [0.1, 0.15) is 0 Å². The average Bonchev–Trinajstić information content (AvgIpc) is 2.64. The first-order valence-electron chi connectivity index (χ1n) is 9.84. The number of hydrogen-bond donors (Lipinski definition) is 2. The standard InChI is InChI=1S/C19H37N5O/c1-20-17(25)14-16-8-12-24(13-9-16)18(21-2)22-15-19(23(3)4)10-6-5-7-11-19/h16H,5-15H2,1-4H3,(H,20,25)(H,21,22). The summed E-state index contributed by atoms with van der Waals surface area (Å²) in [6.07, 6.45) is 9.31. The van der Waals surface area contributed by atoms with Gasteiger partial charge in [0.15, 0.2) is 5.96 Å². The summed E-state index contributed by atoms with van der Waals surface area (Å²) >= 11 is 0. The van der Waals surface area contributed by atoms with E-state index in [1.54, 1.807) is 7.05 Å². The summed E-state index contributed by atoms with van der Waals surface area (Å²) in [6.45, 7) is 2.93. The van der Waals surface area contributed by atoms with E-state index in [0.717, 1.165) is 38.4 Å². The second kappa shape index (κ2) is 9.41. The molecule has 1 amide bonds. The molecular weight excluding hydrogens is 314 g/mol. The zero-order valence-corrected chi connectivity index (χ0v) is 16.6. The Balaban J connectivity index is 1.85. The third kappa shape index (κ3) is 5.33. The highest BCUT2D eigenvalue weighted by Crippen LogP contribution is 2.31. The minimum atomic E-state index is 0.159. The predicted molar refractivity (Wildman–Crippen MR) is 104 cm³/mol. The Labute approximate surface area is 153 Å². The van der Waals surface area contributed by atoms with Crippen molar-refractivity contribution in [2.75, 3.05) is 47.8 Å². The lowest BCUT2D eigenvalue weighted by atomic mass is 9.80. The largest absolute Gasteiger partial charge is 0.359 e. The van der Waals surface area contributed by atoms with Crippen molar-refractivity contribution in [3.8, 4) is 0 Å². The molecule has 0 radical (unpaired) electrons. The fraction of sp³-hybridized carbons (Fsp3) is 0.895. The van der Waals surface area contributed by atoms with Crippen LogP contribution in [-0.2, 0) is 4.79 Å². The number of nitrogens with zero attached hydrogens (tertiary/aromatic N) is 3. The van der Waals surface area contributed by atoms with Crippen LogP contribution in [0.5, 0.6) is 0 Å². The van der Waals surface area contributed by atoms with E-state index in [2.05, 4.69) is 39.5 Å². The van der Waals surface area contributed by atoms with Crippen molar-refractivity contribution in [3.05, 3.63) is 0 Å². The SMILES string of the molecule is CN=C(NCC1(N(C)C)CCCCC1)N1CCC(CC(=O)NC)CC1. The molecule has 25 heavy (non-hydrogen) atoms. The van der Waals surface area contributed by atoms with E-state index in [-0.39, 0.29) is 11.4 Å². The maximum Gasteiger partial charge on any atom is 0.220 e. The van der Waals surface area contributed by atoms with Crippen molar-refractivity contribution in [1.29, 1.82) is 0 Å². The number of hydrogen-bond acceptors (Lipinski definition) is 3. The third-order valence-electron chi connectivity index (χ3n) is 6.19. The van der Waals surface area contributed by atoms with Gasteiger partial charge >= 0.3 is 0 Å². The summed E-state index contributed by atoms with van der Waals surface area (Å²) in [5.41, 5.74) is 0.256. The van der Waals surface area contributed by atoms with Crippen LogP contribution in [0.1, 0.15) is 51.4 Å². The molecule has 1 saturated heterocycles. The van der Waals surface area contributed by atoms with Gasteiger partial charge in [-0.3, -0.25) is 9.79 Å². The molecule has 0 aromatic rings. The maximum atomic E-state index is 11.6. The summed E-state index contributed by atoms with van der Waals surface area (Å²) in [5, 5.41) is 6.39. The molecule has 1 heterocycles. The second-order valence-electron chi connectivity index (χ2n) is 7.89. The first kappa shape index (κ1) is 20.0. The van der Waals surface area contributed by atoms with Crippen molar-refractivity contribution >= 4 is 11.9 Å². The van der Waals surface area contributed by atoms with Gasteiger partial charge in [-0.1, -0.05) is 19.3 Å². The number of rotatable bonds is 5. The quantitative estimate of drug-likeness (QED) is 0.584. The summed E-state index contributed by atoms with van der Waals surface area (Å²) in [7, 11) is 8.01. The fourth-order valence-corrected chi connectivity index (χ4v) is 4.28. The first-order valence-corrected chi connectivity index (χ1v) is 9.84. The number of aliphatic imine (C=N–C) groups is 1. The Kier molecular flexibility index (Phi) is 7.54. The summed E-state index contributed by atoms with van der Waals surface area (Å²) < 4.78 is 0. The van der Waals surface area contributed by atoms with Gasteiger partial charge in [-0.2, -0.15) is 0 Å². The maximum absolute atomic E-state index is 11.6. The second-order valence-corrected chi connectivity index (χ2v) is 7.89. The first-order chi connectivity index (χ1) is 12.0. The molecule has 1 saturated carbocycles. The van der Waals surface area contributed by atoms with Crippen LogP contribution >= 0.6 is 0 Å². The lowest BCUT2D eigenvalue weighted by Gasteiger charge is -2.44. The van der Waals surface area contributed by atoms with Crippen LogP contribution in [0, 0.1) is 5.92 Å². The Morgan fingerprint density at radius 1 is 1.20 bits per heavy atom. The Bertz CT molecular complexity index is 449. The molecular formula is C19H37N5O. The monoisotopic (exact) mass is 351 g/mol. The number of likely N-dealkylation sites (tertiary alicyclic amines) is 1. The molecule has 0 aromatic heterocycles. The molecule has 6 nitrogen and oxygen atoms in total. The summed E-state index contributed by atoms with van der Waals surface area (Å²) in [6, 6.07) is 0. The molecule has 0 bridgehead atoms. The highest BCUT2D eigenvalue weighted by molar-refractivity contribution is 5.80. The number of likely N-dealkylation sites (N-methyl/N-ethyl adjacent to an activating group) is 1. The Hall–Kier alpha value is -1.30. The van der Waals surface area contributed by atoms with Crippen molar-refractivity contribution in [2.24, 2.45) is 10.9 Å². The van der Waals surface area contributed by atoms with E-state index in [1.807, 2.05) is 7.05 Å². The van der Waals surface area contributed by atoms with Gasteiger partial charge in [-0.15, -0.1) is 0 Å². The summed E-state index contributed by atoms with van der Waals surface area (Å²) in [4.78, 5) is 20.8. The molecule has 2 aliphatic rings. The average molecular weight is 352 g/mol. The molecule has 0 atom stereocenters. The third-order valence-corrected chi connectivity index (χ3v) is 6.19. The smallest absolute Gasteiger partial charge is 0.220 e.